The first-order valence-corrected chi connectivity index (χ1v) is 7.02. The van der Waals surface area contributed by atoms with E-state index in [0.717, 1.165) is 0 Å². The molecule has 4 heteroatoms. The van der Waals surface area contributed by atoms with E-state index in [4.69, 9.17) is 0 Å². The molecule has 0 aliphatic rings. The summed E-state index contributed by atoms with van der Waals surface area (Å²) in [6.45, 7) is 6.72. The molecular weight excluding hydrogens is 264 g/mol. The Bertz CT molecular complexity index is 653. The van der Waals surface area contributed by atoms with Crippen LogP contribution in [-0.4, -0.2) is 4.92 Å². The number of para-hydroxylation sites is 1. The number of benzene rings is 2. The summed E-state index contributed by atoms with van der Waals surface area (Å²) >= 11 is 0. The molecule has 0 aliphatic carbocycles. The number of rotatable bonds is 5. The molecule has 0 heterocycles. The molecule has 0 aromatic heterocycles. The Labute approximate surface area is 125 Å². The van der Waals surface area contributed by atoms with Crippen molar-refractivity contribution < 1.29 is 4.92 Å². The minimum Gasteiger partial charge on any atom is -0.306 e. The zero-order chi connectivity index (χ0) is 15.4. The molecule has 1 unspecified atom stereocenters. The molecule has 2 aromatic carbocycles. The van der Waals surface area contributed by atoms with Crippen LogP contribution in [0.1, 0.15) is 35.2 Å². The van der Waals surface area contributed by atoms with Crippen molar-refractivity contribution in [1.29, 1.82) is 0 Å². The Morgan fingerprint density at radius 3 is 2.52 bits per heavy atom. The summed E-state index contributed by atoms with van der Waals surface area (Å²) in [5, 5.41) is 14.3. The van der Waals surface area contributed by atoms with Crippen LogP contribution in [-0.2, 0) is 6.54 Å². The van der Waals surface area contributed by atoms with E-state index in [1.165, 1.54) is 22.8 Å². The van der Waals surface area contributed by atoms with Gasteiger partial charge in [0.05, 0.1) is 4.92 Å². The van der Waals surface area contributed by atoms with Gasteiger partial charge in [-0.05, 0) is 37.5 Å². The summed E-state index contributed by atoms with van der Waals surface area (Å²) < 4.78 is 0. The van der Waals surface area contributed by atoms with Crippen LogP contribution in [0.15, 0.2) is 42.5 Å². The first kappa shape index (κ1) is 15.2. The SMILES string of the molecule is Cc1ccc(C(C)NCc2ccccc2[N+](=O)[O-])cc1C. The highest BCUT2D eigenvalue weighted by Crippen LogP contribution is 2.20. The molecular formula is C17H20N2O2. The summed E-state index contributed by atoms with van der Waals surface area (Å²) in [6, 6.07) is 13.3. The van der Waals surface area contributed by atoms with Crippen LogP contribution in [0.25, 0.3) is 0 Å². The molecule has 1 N–H and O–H groups in total. The molecule has 0 aliphatic heterocycles. The average molecular weight is 284 g/mol. The summed E-state index contributed by atoms with van der Waals surface area (Å²) in [7, 11) is 0. The van der Waals surface area contributed by atoms with Gasteiger partial charge >= 0.3 is 0 Å². The molecule has 2 rings (SSSR count). The van der Waals surface area contributed by atoms with Crippen LogP contribution in [0.5, 0.6) is 0 Å². The standard InChI is InChI=1S/C17H20N2O2/c1-12-8-9-15(10-13(12)2)14(3)18-11-16-6-4-5-7-17(16)19(20)21/h4-10,14,18H,11H2,1-3H3. The third-order valence-corrected chi connectivity index (χ3v) is 3.82. The molecule has 0 saturated heterocycles. The Morgan fingerprint density at radius 1 is 1.14 bits per heavy atom. The lowest BCUT2D eigenvalue weighted by Crippen LogP contribution is -2.18. The van der Waals surface area contributed by atoms with Crippen LogP contribution in [0, 0.1) is 24.0 Å². The second-order valence-electron chi connectivity index (χ2n) is 5.33. The zero-order valence-electron chi connectivity index (χ0n) is 12.6. The van der Waals surface area contributed by atoms with Gasteiger partial charge in [0.25, 0.3) is 5.69 Å². The molecule has 0 bridgehead atoms. The van der Waals surface area contributed by atoms with Crippen molar-refractivity contribution in [3.05, 3.63) is 74.8 Å². The van der Waals surface area contributed by atoms with E-state index in [-0.39, 0.29) is 16.7 Å². The second-order valence-corrected chi connectivity index (χ2v) is 5.33. The molecule has 21 heavy (non-hydrogen) atoms. The normalized spacial score (nSPS) is 12.1. The van der Waals surface area contributed by atoms with E-state index >= 15 is 0 Å². The highest BCUT2D eigenvalue weighted by atomic mass is 16.6. The number of nitrogens with zero attached hydrogens (tertiary/aromatic N) is 1. The Hall–Kier alpha value is -2.20. The molecule has 0 amide bonds. The van der Waals surface area contributed by atoms with Gasteiger partial charge in [0.2, 0.25) is 0 Å². The lowest BCUT2D eigenvalue weighted by atomic mass is 10.0. The van der Waals surface area contributed by atoms with Gasteiger partial charge < -0.3 is 5.32 Å². The first-order valence-electron chi connectivity index (χ1n) is 7.02. The van der Waals surface area contributed by atoms with Crippen LogP contribution >= 0.6 is 0 Å². The number of aryl methyl sites for hydroxylation is 2. The molecule has 0 radical (unpaired) electrons. The number of hydrogen-bond acceptors (Lipinski definition) is 3. The van der Waals surface area contributed by atoms with Crippen molar-refractivity contribution in [2.45, 2.75) is 33.4 Å². The smallest absolute Gasteiger partial charge is 0.273 e. The third-order valence-electron chi connectivity index (χ3n) is 3.82. The molecule has 0 saturated carbocycles. The largest absolute Gasteiger partial charge is 0.306 e. The fraction of sp³-hybridized carbons (Fsp3) is 0.294. The Balaban J connectivity index is 2.09. The number of hydrogen-bond donors (Lipinski definition) is 1. The lowest BCUT2D eigenvalue weighted by molar-refractivity contribution is -0.385. The van der Waals surface area contributed by atoms with E-state index < -0.39 is 0 Å². The number of nitro benzene ring substituents is 1. The highest BCUT2D eigenvalue weighted by molar-refractivity contribution is 5.40. The van der Waals surface area contributed by atoms with Gasteiger partial charge in [-0.3, -0.25) is 10.1 Å². The summed E-state index contributed by atoms with van der Waals surface area (Å²) in [6.07, 6.45) is 0. The fourth-order valence-electron chi connectivity index (χ4n) is 2.25. The van der Waals surface area contributed by atoms with Crippen molar-refractivity contribution in [2.24, 2.45) is 0 Å². The van der Waals surface area contributed by atoms with Crippen molar-refractivity contribution in [1.82, 2.24) is 5.32 Å². The van der Waals surface area contributed by atoms with Crippen LogP contribution in [0.3, 0.4) is 0 Å². The average Bonchev–Trinajstić information content (AvgIpc) is 2.47. The van der Waals surface area contributed by atoms with Crippen LogP contribution in [0.4, 0.5) is 5.69 Å². The van der Waals surface area contributed by atoms with Crippen LogP contribution < -0.4 is 5.32 Å². The summed E-state index contributed by atoms with van der Waals surface area (Å²) in [5.41, 5.74) is 4.59. The third kappa shape index (κ3) is 3.67. The van der Waals surface area contributed by atoms with Gasteiger partial charge in [-0.1, -0.05) is 36.4 Å². The predicted octanol–water partition coefficient (Wildman–Crippen LogP) is 4.06. The van der Waals surface area contributed by atoms with E-state index in [2.05, 4.69) is 44.3 Å². The number of nitrogens with one attached hydrogen (secondary N) is 1. The molecule has 4 nitrogen and oxygen atoms in total. The molecule has 110 valence electrons. The van der Waals surface area contributed by atoms with Crippen molar-refractivity contribution in [3.63, 3.8) is 0 Å². The Morgan fingerprint density at radius 2 is 1.86 bits per heavy atom. The highest BCUT2D eigenvalue weighted by Gasteiger charge is 2.13. The van der Waals surface area contributed by atoms with E-state index in [9.17, 15) is 10.1 Å². The maximum absolute atomic E-state index is 11.0. The fourth-order valence-corrected chi connectivity index (χ4v) is 2.25. The van der Waals surface area contributed by atoms with Crippen molar-refractivity contribution in [2.75, 3.05) is 0 Å². The minimum absolute atomic E-state index is 0.143. The van der Waals surface area contributed by atoms with Crippen molar-refractivity contribution >= 4 is 5.69 Å². The molecule has 1 atom stereocenters. The van der Waals surface area contributed by atoms with Gasteiger partial charge in [0, 0.05) is 24.2 Å². The van der Waals surface area contributed by atoms with E-state index in [1.54, 1.807) is 12.1 Å². The summed E-state index contributed by atoms with van der Waals surface area (Å²) in [5.74, 6) is 0. The maximum atomic E-state index is 11.0. The quantitative estimate of drug-likeness (QED) is 0.665. The van der Waals surface area contributed by atoms with E-state index in [0.29, 0.717) is 12.1 Å². The second kappa shape index (κ2) is 6.50. The molecule has 0 fully saturated rings. The Kier molecular flexibility index (Phi) is 4.70. The lowest BCUT2D eigenvalue weighted by Gasteiger charge is -2.15. The molecule has 0 spiro atoms. The monoisotopic (exact) mass is 284 g/mol. The predicted molar refractivity (Wildman–Crippen MR) is 84.3 cm³/mol. The zero-order valence-corrected chi connectivity index (χ0v) is 12.6. The molecule has 2 aromatic rings. The van der Waals surface area contributed by atoms with Gasteiger partial charge in [0.1, 0.15) is 0 Å². The van der Waals surface area contributed by atoms with Gasteiger partial charge in [0.15, 0.2) is 0 Å². The topological polar surface area (TPSA) is 55.2 Å². The van der Waals surface area contributed by atoms with Gasteiger partial charge in [-0.2, -0.15) is 0 Å². The maximum Gasteiger partial charge on any atom is 0.273 e. The minimum atomic E-state index is -0.336. The van der Waals surface area contributed by atoms with E-state index in [1.807, 2.05) is 6.07 Å². The van der Waals surface area contributed by atoms with Crippen molar-refractivity contribution in [3.8, 4) is 0 Å². The summed E-state index contributed by atoms with van der Waals surface area (Å²) in [4.78, 5) is 10.7. The van der Waals surface area contributed by atoms with Gasteiger partial charge in [-0.25, -0.2) is 0 Å². The number of nitro groups is 1. The first-order chi connectivity index (χ1) is 9.99. The van der Waals surface area contributed by atoms with Gasteiger partial charge in [-0.15, -0.1) is 0 Å². The van der Waals surface area contributed by atoms with Crippen LogP contribution in [0.2, 0.25) is 0 Å².